The fourth-order valence-corrected chi connectivity index (χ4v) is 2.12. The fourth-order valence-electron chi connectivity index (χ4n) is 2.12. The average molecular weight is 296 g/mol. The Morgan fingerprint density at radius 3 is 2.00 bits per heavy atom. The quantitative estimate of drug-likeness (QED) is 0.355. The zero-order chi connectivity index (χ0) is 15.8. The first-order valence-corrected chi connectivity index (χ1v) is 8.40. The number of hydrogen-bond donors (Lipinski definition) is 2. The first-order valence-electron chi connectivity index (χ1n) is 8.40. The van der Waals surface area contributed by atoms with Gasteiger partial charge in [0.25, 0.3) is 0 Å². The smallest absolute Gasteiger partial charge is 0.303 e. The van der Waals surface area contributed by atoms with Crippen LogP contribution in [0.5, 0.6) is 0 Å². The Morgan fingerprint density at radius 2 is 1.43 bits per heavy atom. The van der Waals surface area contributed by atoms with Crippen LogP contribution in [-0.2, 0) is 4.79 Å². The second kappa shape index (κ2) is 15.3. The molecule has 21 heavy (non-hydrogen) atoms. The number of allylic oxidation sites excluding steroid dienone is 2. The second-order valence-corrected chi connectivity index (χ2v) is 5.54. The van der Waals surface area contributed by atoms with Crippen LogP contribution >= 0.6 is 0 Å². The van der Waals surface area contributed by atoms with E-state index in [0.29, 0.717) is 0 Å². The molecule has 0 aliphatic carbocycles. The lowest BCUT2D eigenvalue weighted by Gasteiger charge is -2.00. The minimum absolute atomic E-state index is 0.288. The lowest BCUT2D eigenvalue weighted by molar-refractivity contribution is -0.137. The van der Waals surface area contributed by atoms with E-state index < -0.39 is 12.1 Å². The van der Waals surface area contributed by atoms with Gasteiger partial charge in [-0.15, -0.1) is 0 Å². The van der Waals surface area contributed by atoms with Gasteiger partial charge >= 0.3 is 5.97 Å². The van der Waals surface area contributed by atoms with Gasteiger partial charge in [-0.1, -0.05) is 63.3 Å². The summed E-state index contributed by atoms with van der Waals surface area (Å²) >= 11 is 0. The highest BCUT2D eigenvalue weighted by molar-refractivity contribution is 5.66. The Morgan fingerprint density at radius 1 is 0.905 bits per heavy atom. The number of unbranched alkanes of at least 4 members (excludes halogenated alkanes) is 8. The second-order valence-electron chi connectivity index (χ2n) is 5.54. The van der Waals surface area contributed by atoms with Gasteiger partial charge in [0.2, 0.25) is 0 Å². The third-order valence-corrected chi connectivity index (χ3v) is 3.40. The van der Waals surface area contributed by atoms with Gasteiger partial charge in [-0.3, -0.25) is 4.79 Å². The number of carboxylic acid groups (broad SMARTS) is 1. The molecule has 0 bridgehead atoms. The SMILES string of the molecule is CCCCCC=CC(O)C=CCCCCCCCC(=O)O. The van der Waals surface area contributed by atoms with Crippen molar-refractivity contribution in [3.8, 4) is 0 Å². The van der Waals surface area contributed by atoms with Gasteiger partial charge in [0.1, 0.15) is 0 Å². The van der Waals surface area contributed by atoms with Crippen molar-refractivity contribution in [3.05, 3.63) is 24.3 Å². The summed E-state index contributed by atoms with van der Waals surface area (Å²) in [5.74, 6) is -0.699. The molecule has 0 saturated heterocycles. The Bertz CT molecular complexity index is 295. The van der Waals surface area contributed by atoms with Crippen molar-refractivity contribution in [3.63, 3.8) is 0 Å². The molecule has 0 fully saturated rings. The van der Waals surface area contributed by atoms with E-state index in [1.54, 1.807) is 0 Å². The standard InChI is InChI=1S/C18H32O3/c1-2-3-4-8-11-14-17(19)15-12-9-6-5-7-10-13-16-18(20)21/h11-12,14-15,17,19H,2-10,13,16H2,1H3,(H,20,21). The third kappa shape index (κ3) is 16.9. The van der Waals surface area contributed by atoms with E-state index >= 15 is 0 Å². The highest BCUT2D eigenvalue weighted by Gasteiger charge is 1.96. The molecule has 122 valence electrons. The Hall–Kier alpha value is -1.09. The maximum absolute atomic E-state index is 10.3. The fraction of sp³-hybridized carbons (Fsp3) is 0.722. The molecule has 3 nitrogen and oxygen atoms in total. The molecule has 1 atom stereocenters. The van der Waals surface area contributed by atoms with Gasteiger partial charge in [0, 0.05) is 6.42 Å². The van der Waals surface area contributed by atoms with Crippen LogP contribution in [0.15, 0.2) is 24.3 Å². The Balaban J connectivity index is 3.39. The summed E-state index contributed by atoms with van der Waals surface area (Å²) in [7, 11) is 0. The first-order chi connectivity index (χ1) is 10.2. The van der Waals surface area contributed by atoms with Crippen LogP contribution in [0.25, 0.3) is 0 Å². The zero-order valence-corrected chi connectivity index (χ0v) is 13.5. The first kappa shape index (κ1) is 19.9. The van der Waals surface area contributed by atoms with E-state index in [9.17, 15) is 9.90 Å². The minimum Gasteiger partial charge on any atom is -0.481 e. The maximum Gasteiger partial charge on any atom is 0.303 e. The molecule has 0 aliphatic heterocycles. The van der Waals surface area contributed by atoms with E-state index in [2.05, 4.69) is 13.0 Å². The van der Waals surface area contributed by atoms with Crippen molar-refractivity contribution in [2.45, 2.75) is 83.7 Å². The van der Waals surface area contributed by atoms with E-state index in [0.717, 1.165) is 44.9 Å². The number of carbonyl (C=O) groups is 1. The molecule has 0 aromatic rings. The molecule has 0 aromatic heterocycles. The monoisotopic (exact) mass is 296 g/mol. The van der Waals surface area contributed by atoms with Crippen LogP contribution in [0, 0.1) is 0 Å². The van der Waals surface area contributed by atoms with Crippen LogP contribution in [-0.4, -0.2) is 22.3 Å². The molecule has 0 aromatic carbocycles. The largest absolute Gasteiger partial charge is 0.481 e. The van der Waals surface area contributed by atoms with Gasteiger partial charge in [0.05, 0.1) is 6.10 Å². The highest BCUT2D eigenvalue weighted by atomic mass is 16.4. The summed E-state index contributed by atoms with van der Waals surface area (Å²) in [4.78, 5) is 10.3. The van der Waals surface area contributed by atoms with Crippen molar-refractivity contribution in [2.24, 2.45) is 0 Å². The number of hydrogen-bond acceptors (Lipinski definition) is 2. The topological polar surface area (TPSA) is 57.5 Å². The van der Waals surface area contributed by atoms with E-state index in [-0.39, 0.29) is 6.42 Å². The van der Waals surface area contributed by atoms with Crippen molar-refractivity contribution in [2.75, 3.05) is 0 Å². The third-order valence-electron chi connectivity index (χ3n) is 3.40. The molecule has 2 N–H and O–H groups in total. The van der Waals surface area contributed by atoms with Gasteiger partial charge in [0.15, 0.2) is 0 Å². The lowest BCUT2D eigenvalue weighted by Crippen LogP contribution is -1.95. The van der Waals surface area contributed by atoms with Gasteiger partial charge < -0.3 is 10.2 Å². The van der Waals surface area contributed by atoms with Gasteiger partial charge in [-0.2, -0.15) is 0 Å². The zero-order valence-electron chi connectivity index (χ0n) is 13.5. The summed E-state index contributed by atoms with van der Waals surface area (Å²) in [6.45, 7) is 2.19. The molecular weight excluding hydrogens is 264 g/mol. The molecule has 0 saturated carbocycles. The molecular formula is C18H32O3. The average Bonchev–Trinajstić information content (AvgIpc) is 2.45. The van der Waals surface area contributed by atoms with Crippen molar-refractivity contribution in [1.82, 2.24) is 0 Å². The van der Waals surface area contributed by atoms with Crippen LogP contribution in [0.4, 0.5) is 0 Å². The number of carboxylic acids is 1. The van der Waals surface area contributed by atoms with Crippen LogP contribution in [0.3, 0.4) is 0 Å². The van der Waals surface area contributed by atoms with E-state index in [1.165, 1.54) is 19.3 Å². The van der Waals surface area contributed by atoms with Crippen LogP contribution in [0.1, 0.15) is 77.6 Å². The Labute approximate surface area is 129 Å². The predicted octanol–water partition coefficient (Wildman–Crippen LogP) is 4.86. The molecule has 0 amide bonds. The number of aliphatic hydroxyl groups excluding tert-OH is 1. The van der Waals surface area contributed by atoms with Crippen LogP contribution in [0.2, 0.25) is 0 Å². The number of aliphatic hydroxyl groups is 1. The predicted molar refractivity (Wildman–Crippen MR) is 88.4 cm³/mol. The normalized spacial score (nSPS) is 13.2. The summed E-state index contributed by atoms with van der Waals surface area (Å²) < 4.78 is 0. The summed E-state index contributed by atoms with van der Waals surface area (Å²) in [5.41, 5.74) is 0. The van der Waals surface area contributed by atoms with Crippen molar-refractivity contribution >= 4 is 5.97 Å². The molecule has 0 rings (SSSR count). The summed E-state index contributed by atoms with van der Waals surface area (Å²) in [6.07, 6.45) is 18.5. The highest BCUT2D eigenvalue weighted by Crippen LogP contribution is 2.08. The summed E-state index contributed by atoms with van der Waals surface area (Å²) in [5, 5.41) is 18.2. The number of aliphatic carboxylic acids is 1. The van der Waals surface area contributed by atoms with E-state index in [1.807, 2.05) is 18.2 Å². The Kier molecular flexibility index (Phi) is 14.5. The molecule has 1 unspecified atom stereocenters. The number of rotatable bonds is 14. The molecule has 3 heteroatoms. The molecule has 0 radical (unpaired) electrons. The van der Waals surface area contributed by atoms with Crippen molar-refractivity contribution in [1.29, 1.82) is 0 Å². The maximum atomic E-state index is 10.3. The minimum atomic E-state index is -0.699. The molecule has 0 heterocycles. The van der Waals surface area contributed by atoms with Crippen LogP contribution < -0.4 is 0 Å². The van der Waals surface area contributed by atoms with Gasteiger partial charge in [-0.05, 0) is 32.1 Å². The van der Waals surface area contributed by atoms with Crippen molar-refractivity contribution < 1.29 is 15.0 Å². The molecule has 0 aliphatic rings. The summed E-state index contributed by atoms with van der Waals surface area (Å²) in [6, 6.07) is 0. The van der Waals surface area contributed by atoms with E-state index in [4.69, 9.17) is 5.11 Å². The molecule has 0 spiro atoms. The van der Waals surface area contributed by atoms with Gasteiger partial charge in [-0.25, -0.2) is 0 Å². The lowest BCUT2D eigenvalue weighted by atomic mass is 10.1.